The zero-order valence-electron chi connectivity index (χ0n) is 12.1. The number of hydrogen-bond acceptors (Lipinski definition) is 3. The standard InChI is InChI=1S/C16H22ClNO2/c1-11(2)16(20)15(10-18-8-7-14(19)9-18)12-3-5-13(17)6-4-12/h3-6,11,14-15,19H,7-10H2,1-2H3/t14-,15+/m1/s1. The van der Waals surface area contributed by atoms with E-state index in [-0.39, 0.29) is 23.7 Å². The van der Waals surface area contributed by atoms with Crippen molar-refractivity contribution in [2.75, 3.05) is 19.6 Å². The van der Waals surface area contributed by atoms with Crippen LogP contribution in [0.15, 0.2) is 24.3 Å². The van der Waals surface area contributed by atoms with Gasteiger partial charge in [-0.2, -0.15) is 0 Å². The van der Waals surface area contributed by atoms with Crippen molar-refractivity contribution < 1.29 is 9.90 Å². The van der Waals surface area contributed by atoms with E-state index in [1.165, 1.54) is 0 Å². The Labute approximate surface area is 125 Å². The Kier molecular flexibility index (Phi) is 5.19. The summed E-state index contributed by atoms with van der Waals surface area (Å²) in [4.78, 5) is 14.6. The Morgan fingerprint density at radius 2 is 2.05 bits per heavy atom. The van der Waals surface area contributed by atoms with E-state index < -0.39 is 0 Å². The Bertz CT molecular complexity index is 458. The third-order valence-corrected chi connectivity index (χ3v) is 4.13. The van der Waals surface area contributed by atoms with E-state index >= 15 is 0 Å². The van der Waals surface area contributed by atoms with Gasteiger partial charge in [-0.3, -0.25) is 9.69 Å². The van der Waals surface area contributed by atoms with Gasteiger partial charge in [0.05, 0.1) is 12.0 Å². The highest BCUT2D eigenvalue weighted by Gasteiger charge is 2.28. The van der Waals surface area contributed by atoms with Gasteiger partial charge in [-0.1, -0.05) is 37.6 Å². The number of hydrogen-bond donors (Lipinski definition) is 1. The minimum absolute atomic E-state index is 0.00297. The smallest absolute Gasteiger partial charge is 0.144 e. The Balaban J connectivity index is 2.16. The molecule has 1 aromatic carbocycles. The summed E-state index contributed by atoms with van der Waals surface area (Å²) >= 11 is 5.92. The fourth-order valence-electron chi connectivity index (χ4n) is 2.69. The number of carbonyl (C=O) groups is 1. The summed E-state index contributed by atoms with van der Waals surface area (Å²) in [5.41, 5.74) is 1.01. The number of likely N-dealkylation sites (tertiary alicyclic amines) is 1. The highest BCUT2D eigenvalue weighted by molar-refractivity contribution is 6.30. The molecule has 0 radical (unpaired) electrons. The van der Waals surface area contributed by atoms with Crippen LogP contribution in [0.3, 0.4) is 0 Å². The number of ketones is 1. The predicted octanol–water partition coefficient (Wildman–Crippen LogP) is 2.72. The van der Waals surface area contributed by atoms with Crippen LogP contribution in [0.2, 0.25) is 5.02 Å². The third-order valence-electron chi connectivity index (χ3n) is 3.87. The molecule has 2 atom stereocenters. The fourth-order valence-corrected chi connectivity index (χ4v) is 2.82. The molecule has 0 spiro atoms. The van der Waals surface area contributed by atoms with Crippen molar-refractivity contribution in [1.29, 1.82) is 0 Å². The first-order valence-electron chi connectivity index (χ1n) is 7.17. The predicted molar refractivity (Wildman–Crippen MR) is 81.1 cm³/mol. The van der Waals surface area contributed by atoms with Crippen molar-refractivity contribution in [3.05, 3.63) is 34.9 Å². The molecule has 0 bridgehead atoms. The summed E-state index contributed by atoms with van der Waals surface area (Å²) in [5.74, 6) is 0.106. The zero-order valence-corrected chi connectivity index (χ0v) is 12.8. The molecule has 110 valence electrons. The molecule has 1 N–H and O–H groups in total. The molecule has 20 heavy (non-hydrogen) atoms. The largest absolute Gasteiger partial charge is 0.392 e. The second kappa shape index (κ2) is 6.70. The summed E-state index contributed by atoms with van der Waals surface area (Å²) in [6.45, 7) is 6.07. The van der Waals surface area contributed by atoms with Crippen LogP contribution in [0.5, 0.6) is 0 Å². The Hall–Kier alpha value is -0.900. The first kappa shape index (κ1) is 15.5. The van der Waals surface area contributed by atoms with Gasteiger partial charge >= 0.3 is 0 Å². The van der Waals surface area contributed by atoms with Crippen LogP contribution in [0.25, 0.3) is 0 Å². The van der Waals surface area contributed by atoms with Gasteiger partial charge < -0.3 is 5.11 Å². The topological polar surface area (TPSA) is 40.5 Å². The monoisotopic (exact) mass is 295 g/mol. The van der Waals surface area contributed by atoms with Crippen LogP contribution in [0, 0.1) is 5.92 Å². The maximum absolute atomic E-state index is 12.5. The second-order valence-corrected chi connectivity index (χ2v) is 6.30. The first-order chi connectivity index (χ1) is 9.47. The molecule has 0 unspecified atom stereocenters. The third kappa shape index (κ3) is 3.81. The number of carbonyl (C=O) groups excluding carboxylic acids is 1. The molecule has 1 saturated heterocycles. The van der Waals surface area contributed by atoms with E-state index in [9.17, 15) is 9.90 Å². The summed E-state index contributed by atoms with van der Waals surface area (Å²) in [7, 11) is 0. The second-order valence-electron chi connectivity index (χ2n) is 5.86. The summed E-state index contributed by atoms with van der Waals surface area (Å²) in [5, 5.41) is 10.3. The maximum Gasteiger partial charge on any atom is 0.144 e. The number of benzene rings is 1. The van der Waals surface area contributed by atoms with Crippen molar-refractivity contribution >= 4 is 17.4 Å². The number of nitrogens with zero attached hydrogens (tertiary/aromatic N) is 1. The number of β-amino-alcohol motifs (C(OH)–C–C–N with tert-alkyl or cyclic N) is 1. The van der Waals surface area contributed by atoms with Gasteiger partial charge in [0.2, 0.25) is 0 Å². The lowest BCUT2D eigenvalue weighted by atomic mass is 9.88. The molecule has 1 aromatic rings. The normalized spacial score (nSPS) is 21.4. The molecular formula is C16H22ClNO2. The van der Waals surface area contributed by atoms with Gasteiger partial charge in [-0.05, 0) is 24.1 Å². The summed E-state index contributed by atoms with van der Waals surface area (Å²) in [6.07, 6.45) is 0.540. The van der Waals surface area contributed by atoms with Gasteiger partial charge in [-0.15, -0.1) is 0 Å². The van der Waals surface area contributed by atoms with Crippen molar-refractivity contribution in [3.63, 3.8) is 0 Å². The Morgan fingerprint density at radius 3 is 2.55 bits per heavy atom. The average Bonchev–Trinajstić information content (AvgIpc) is 2.82. The highest BCUT2D eigenvalue weighted by Crippen LogP contribution is 2.25. The van der Waals surface area contributed by atoms with Crippen molar-refractivity contribution in [2.45, 2.75) is 32.3 Å². The van der Waals surface area contributed by atoms with Crippen LogP contribution in [0.4, 0.5) is 0 Å². The van der Waals surface area contributed by atoms with E-state index in [1.807, 2.05) is 38.1 Å². The molecule has 0 aromatic heterocycles. The molecule has 1 aliphatic rings. The molecule has 1 heterocycles. The average molecular weight is 296 g/mol. The first-order valence-corrected chi connectivity index (χ1v) is 7.54. The minimum Gasteiger partial charge on any atom is -0.392 e. The van der Waals surface area contributed by atoms with Gasteiger partial charge in [0.15, 0.2) is 0 Å². The molecular weight excluding hydrogens is 274 g/mol. The number of aliphatic hydroxyl groups is 1. The minimum atomic E-state index is -0.255. The van der Waals surface area contributed by atoms with E-state index in [4.69, 9.17) is 11.6 Å². The van der Waals surface area contributed by atoms with E-state index in [2.05, 4.69) is 4.90 Å². The fraction of sp³-hybridized carbons (Fsp3) is 0.562. The zero-order chi connectivity index (χ0) is 14.7. The molecule has 0 saturated carbocycles. The van der Waals surface area contributed by atoms with Crippen molar-refractivity contribution in [1.82, 2.24) is 4.90 Å². The molecule has 1 fully saturated rings. The van der Waals surface area contributed by atoms with Gasteiger partial charge in [0.25, 0.3) is 0 Å². The lowest BCUT2D eigenvalue weighted by molar-refractivity contribution is -0.123. The molecule has 3 nitrogen and oxygen atoms in total. The number of aliphatic hydroxyl groups excluding tert-OH is 1. The molecule has 4 heteroatoms. The van der Waals surface area contributed by atoms with Crippen molar-refractivity contribution in [2.24, 2.45) is 5.92 Å². The molecule has 0 aliphatic carbocycles. The molecule has 0 amide bonds. The Morgan fingerprint density at radius 1 is 1.40 bits per heavy atom. The summed E-state index contributed by atoms with van der Waals surface area (Å²) < 4.78 is 0. The maximum atomic E-state index is 12.5. The van der Waals surface area contributed by atoms with Crippen LogP contribution in [0.1, 0.15) is 31.7 Å². The van der Waals surface area contributed by atoms with Gasteiger partial charge in [0.1, 0.15) is 5.78 Å². The van der Waals surface area contributed by atoms with E-state index in [0.717, 1.165) is 18.5 Å². The SMILES string of the molecule is CC(C)C(=O)[C@@H](CN1CC[C@@H](O)C1)c1ccc(Cl)cc1. The lowest BCUT2D eigenvalue weighted by Gasteiger charge is -2.24. The number of rotatable bonds is 5. The van der Waals surface area contributed by atoms with Crippen LogP contribution < -0.4 is 0 Å². The summed E-state index contributed by atoms with van der Waals surface area (Å²) in [6, 6.07) is 7.52. The molecule has 1 aliphatic heterocycles. The van der Waals surface area contributed by atoms with Crippen LogP contribution in [-0.4, -0.2) is 41.5 Å². The number of Topliss-reactive ketones (excluding diaryl/α,β-unsaturated/α-hetero) is 1. The van der Waals surface area contributed by atoms with Crippen LogP contribution in [-0.2, 0) is 4.79 Å². The quantitative estimate of drug-likeness (QED) is 0.908. The highest BCUT2D eigenvalue weighted by atomic mass is 35.5. The van der Waals surface area contributed by atoms with Crippen LogP contribution >= 0.6 is 11.6 Å². The molecule has 2 rings (SSSR count). The van der Waals surface area contributed by atoms with Crippen molar-refractivity contribution in [3.8, 4) is 0 Å². The van der Waals surface area contributed by atoms with Gasteiger partial charge in [-0.25, -0.2) is 0 Å². The number of halogens is 1. The van der Waals surface area contributed by atoms with Gasteiger partial charge in [0, 0.05) is 30.6 Å². The lowest BCUT2D eigenvalue weighted by Crippen LogP contribution is -2.32. The van der Waals surface area contributed by atoms with E-state index in [0.29, 0.717) is 18.1 Å². The van der Waals surface area contributed by atoms with E-state index in [1.54, 1.807) is 0 Å².